The molecule has 0 aromatic carbocycles. The highest BCUT2D eigenvalue weighted by atomic mass is 16.4. The summed E-state index contributed by atoms with van der Waals surface area (Å²) >= 11 is 0. The smallest absolute Gasteiger partial charge is 0.306 e. The fourth-order valence-electron chi connectivity index (χ4n) is 1.51. The number of rotatable bonds is 8. The second-order valence-electron chi connectivity index (χ2n) is 3.93. The molecule has 84 valence electrons. The summed E-state index contributed by atoms with van der Waals surface area (Å²) in [5.74, 6) is -0.929. The van der Waals surface area contributed by atoms with Gasteiger partial charge in [0, 0.05) is 6.04 Å². The fourth-order valence-corrected chi connectivity index (χ4v) is 1.51. The number of carboxylic acid groups (broad SMARTS) is 1. The van der Waals surface area contributed by atoms with Crippen LogP contribution in [0.4, 0.5) is 0 Å². The standard InChI is InChI=1S/C11H23NO2/c1-3-5-6-7-9(11(13)14)8-10(12)4-2/h9-10H,3-8,12H2,1-2H3,(H,13,14). The number of nitrogens with two attached hydrogens (primary N) is 1. The number of unbranched alkanes of at least 4 members (excludes halogenated alkanes) is 2. The van der Waals surface area contributed by atoms with Gasteiger partial charge in [-0.15, -0.1) is 0 Å². The van der Waals surface area contributed by atoms with Gasteiger partial charge in [-0.05, 0) is 19.3 Å². The zero-order chi connectivity index (χ0) is 11.0. The Morgan fingerprint density at radius 1 is 1.36 bits per heavy atom. The Labute approximate surface area is 86.7 Å². The summed E-state index contributed by atoms with van der Waals surface area (Å²) in [5, 5.41) is 8.96. The Morgan fingerprint density at radius 3 is 2.43 bits per heavy atom. The van der Waals surface area contributed by atoms with Crippen LogP contribution in [0.2, 0.25) is 0 Å². The zero-order valence-corrected chi connectivity index (χ0v) is 9.33. The van der Waals surface area contributed by atoms with Gasteiger partial charge in [-0.2, -0.15) is 0 Å². The summed E-state index contributed by atoms with van der Waals surface area (Å²) in [6.45, 7) is 4.11. The van der Waals surface area contributed by atoms with Crippen LogP contribution in [0.5, 0.6) is 0 Å². The summed E-state index contributed by atoms with van der Waals surface area (Å²) in [6, 6.07) is 0.0396. The van der Waals surface area contributed by atoms with E-state index >= 15 is 0 Å². The molecule has 2 atom stereocenters. The summed E-state index contributed by atoms with van der Waals surface area (Å²) in [5.41, 5.74) is 5.75. The van der Waals surface area contributed by atoms with E-state index in [-0.39, 0.29) is 12.0 Å². The molecule has 0 aliphatic carbocycles. The van der Waals surface area contributed by atoms with Gasteiger partial charge in [-0.1, -0.05) is 33.1 Å². The van der Waals surface area contributed by atoms with Gasteiger partial charge in [0.1, 0.15) is 0 Å². The molecule has 14 heavy (non-hydrogen) atoms. The average molecular weight is 201 g/mol. The van der Waals surface area contributed by atoms with Crippen LogP contribution in [-0.2, 0) is 4.79 Å². The van der Waals surface area contributed by atoms with Crippen molar-refractivity contribution in [3.8, 4) is 0 Å². The molecule has 2 unspecified atom stereocenters. The maximum absolute atomic E-state index is 10.9. The van der Waals surface area contributed by atoms with Crippen molar-refractivity contribution in [2.24, 2.45) is 11.7 Å². The zero-order valence-electron chi connectivity index (χ0n) is 9.33. The summed E-state index contributed by atoms with van der Waals surface area (Å²) in [7, 11) is 0. The van der Waals surface area contributed by atoms with Crippen LogP contribution in [0.1, 0.15) is 52.4 Å². The summed E-state index contributed by atoms with van der Waals surface area (Å²) in [4.78, 5) is 10.9. The average Bonchev–Trinajstić information content (AvgIpc) is 2.16. The number of hydrogen-bond acceptors (Lipinski definition) is 2. The highest BCUT2D eigenvalue weighted by Crippen LogP contribution is 2.16. The number of aliphatic carboxylic acids is 1. The molecular formula is C11H23NO2. The first-order valence-corrected chi connectivity index (χ1v) is 5.60. The van der Waals surface area contributed by atoms with Crippen LogP contribution in [-0.4, -0.2) is 17.1 Å². The number of carboxylic acids is 1. The lowest BCUT2D eigenvalue weighted by atomic mass is 9.93. The van der Waals surface area contributed by atoms with E-state index < -0.39 is 5.97 Å². The maximum Gasteiger partial charge on any atom is 0.306 e. The van der Waals surface area contributed by atoms with E-state index in [1.807, 2.05) is 6.92 Å². The summed E-state index contributed by atoms with van der Waals surface area (Å²) in [6.07, 6.45) is 5.51. The van der Waals surface area contributed by atoms with Crippen molar-refractivity contribution in [2.75, 3.05) is 0 Å². The lowest BCUT2D eigenvalue weighted by molar-refractivity contribution is -0.142. The lowest BCUT2D eigenvalue weighted by Crippen LogP contribution is -2.26. The van der Waals surface area contributed by atoms with Crippen molar-refractivity contribution >= 4 is 5.97 Å². The van der Waals surface area contributed by atoms with Gasteiger partial charge in [-0.25, -0.2) is 0 Å². The fraction of sp³-hybridized carbons (Fsp3) is 0.909. The Bertz CT molecular complexity index is 159. The van der Waals surface area contributed by atoms with Crippen molar-refractivity contribution < 1.29 is 9.90 Å². The van der Waals surface area contributed by atoms with Crippen LogP contribution in [0.25, 0.3) is 0 Å². The molecule has 3 nitrogen and oxygen atoms in total. The topological polar surface area (TPSA) is 63.3 Å². The monoisotopic (exact) mass is 201 g/mol. The van der Waals surface area contributed by atoms with E-state index in [4.69, 9.17) is 10.8 Å². The van der Waals surface area contributed by atoms with Gasteiger partial charge in [0.2, 0.25) is 0 Å². The van der Waals surface area contributed by atoms with Crippen LogP contribution < -0.4 is 5.73 Å². The first-order valence-electron chi connectivity index (χ1n) is 5.60. The van der Waals surface area contributed by atoms with Gasteiger partial charge >= 0.3 is 5.97 Å². The molecule has 0 aromatic heterocycles. The van der Waals surface area contributed by atoms with Crippen LogP contribution in [0, 0.1) is 5.92 Å². The molecule has 0 amide bonds. The molecule has 3 heteroatoms. The molecule has 3 N–H and O–H groups in total. The van der Waals surface area contributed by atoms with Gasteiger partial charge < -0.3 is 10.8 Å². The van der Waals surface area contributed by atoms with E-state index in [0.717, 1.165) is 32.1 Å². The molecule has 0 fully saturated rings. The third-order valence-corrected chi connectivity index (χ3v) is 2.62. The minimum absolute atomic E-state index is 0.0396. The van der Waals surface area contributed by atoms with Crippen molar-refractivity contribution in [3.63, 3.8) is 0 Å². The maximum atomic E-state index is 10.9. The number of hydrogen-bond donors (Lipinski definition) is 2. The Hall–Kier alpha value is -0.570. The largest absolute Gasteiger partial charge is 0.481 e. The van der Waals surface area contributed by atoms with Crippen molar-refractivity contribution in [1.82, 2.24) is 0 Å². The molecule has 0 radical (unpaired) electrons. The third kappa shape index (κ3) is 5.97. The van der Waals surface area contributed by atoms with Crippen LogP contribution >= 0.6 is 0 Å². The molecule has 0 bridgehead atoms. The molecule has 0 aromatic rings. The predicted octanol–water partition coefficient (Wildman–Crippen LogP) is 2.39. The normalized spacial score (nSPS) is 15.1. The van der Waals surface area contributed by atoms with Crippen molar-refractivity contribution in [1.29, 1.82) is 0 Å². The minimum Gasteiger partial charge on any atom is -0.481 e. The Morgan fingerprint density at radius 2 is 2.00 bits per heavy atom. The molecular weight excluding hydrogens is 178 g/mol. The van der Waals surface area contributed by atoms with E-state index in [1.165, 1.54) is 0 Å². The Kier molecular flexibility index (Phi) is 7.48. The van der Waals surface area contributed by atoms with Crippen LogP contribution in [0.15, 0.2) is 0 Å². The molecule has 0 aliphatic heterocycles. The van der Waals surface area contributed by atoms with E-state index in [2.05, 4.69) is 6.92 Å². The molecule has 0 saturated carbocycles. The first-order chi connectivity index (χ1) is 6.61. The molecule has 0 rings (SSSR count). The molecule has 0 saturated heterocycles. The molecule has 0 spiro atoms. The highest BCUT2D eigenvalue weighted by molar-refractivity contribution is 5.69. The van der Waals surface area contributed by atoms with Crippen molar-refractivity contribution in [3.05, 3.63) is 0 Å². The van der Waals surface area contributed by atoms with Gasteiger partial charge in [0.15, 0.2) is 0 Å². The second kappa shape index (κ2) is 7.80. The molecule has 0 aliphatic rings. The first kappa shape index (κ1) is 13.4. The molecule has 0 heterocycles. The predicted molar refractivity (Wildman–Crippen MR) is 58.2 cm³/mol. The van der Waals surface area contributed by atoms with Gasteiger partial charge in [0.05, 0.1) is 5.92 Å². The van der Waals surface area contributed by atoms with Crippen LogP contribution in [0.3, 0.4) is 0 Å². The van der Waals surface area contributed by atoms with E-state index in [9.17, 15) is 4.79 Å². The third-order valence-electron chi connectivity index (χ3n) is 2.62. The SMILES string of the molecule is CCCCCC(CC(N)CC)C(=O)O. The lowest BCUT2D eigenvalue weighted by Gasteiger charge is -2.15. The Balaban J connectivity index is 3.84. The number of carbonyl (C=O) groups is 1. The minimum atomic E-state index is -0.690. The summed E-state index contributed by atoms with van der Waals surface area (Å²) < 4.78 is 0. The second-order valence-corrected chi connectivity index (χ2v) is 3.93. The highest BCUT2D eigenvalue weighted by Gasteiger charge is 2.19. The quantitative estimate of drug-likeness (QED) is 0.593. The van der Waals surface area contributed by atoms with E-state index in [0.29, 0.717) is 6.42 Å². The van der Waals surface area contributed by atoms with Gasteiger partial charge in [0.25, 0.3) is 0 Å². The van der Waals surface area contributed by atoms with E-state index in [1.54, 1.807) is 0 Å². The van der Waals surface area contributed by atoms with Gasteiger partial charge in [-0.3, -0.25) is 4.79 Å². The van der Waals surface area contributed by atoms with Crippen molar-refractivity contribution in [2.45, 2.75) is 58.4 Å².